The molecule has 5 heteroatoms. The molecule has 0 atom stereocenters. The fourth-order valence-corrected chi connectivity index (χ4v) is 1.94. The van der Waals surface area contributed by atoms with E-state index < -0.39 is 5.97 Å². The van der Waals surface area contributed by atoms with Crippen molar-refractivity contribution < 1.29 is 19.4 Å². The van der Waals surface area contributed by atoms with Gasteiger partial charge >= 0.3 is 5.97 Å². The summed E-state index contributed by atoms with van der Waals surface area (Å²) in [6, 6.07) is 12.6. The quantitative estimate of drug-likeness (QED) is 0.817. The minimum Gasteiger partial charge on any atom is -0.493 e. The van der Waals surface area contributed by atoms with Gasteiger partial charge in [-0.05, 0) is 41.5 Å². The van der Waals surface area contributed by atoms with E-state index in [1.807, 2.05) is 12.1 Å². The van der Waals surface area contributed by atoms with Gasteiger partial charge in [-0.3, -0.25) is 0 Å². The summed E-state index contributed by atoms with van der Waals surface area (Å²) in [5, 5.41) is 9.31. The number of methoxy groups -OCH3 is 1. The van der Waals surface area contributed by atoms with Gasteiger partial charge in [-0.25, -0.2) is 4.79 Å². The summed E-state index contributed by atoms with van der Waals surface area (Å²) < 4.78 is 11.0. The van der Waals surface area contributed by atoms with E-state index >= 15 is 0 Å². The third-order valence-corrected chi connectivity index (χ3v) is 3.17. The van der Waals surface area contributed by atoms with Crippen LogP contribution < -0.4 is 9.47 Å². The lowest BCUT2D eigenvalue weighted by Gasteiger charge is -2.11. The van der Waals surface area contributed by atoms with Crippen molar-refractivity contribution in [1.82, 2.24) is 0 Å². The van der Waals surface area contributed by atoms with Gasteiger partial charge in [-0.1, -0.05) is 29.8 Å². The summed E-state index contributed by atoms with van der Waals surface area (Å²) >= 11 is 5.84. The van der Waals surface area contributed by atoms with Crippen LogP contribution in [0.2, 0.25) is 5.02 Å². The molecule has 114 valence electrons. The second-order valence-electron chi connectivity index (χ2n) is 4.50. The molecule has 0 heterocycles. The molecule has 0 saturated carbocycles. The average molecular weight is 319 g/mol. The van der Waals surface area contributed by atoms with Crippen LogP contribution in [0, 0.1) is 0 Å². The first-order valence-corrected chi connectivity index (χ1v) is 6.92. The normalized spacial score (nSPS) is 10.6. The zero-order valence-electron chi connectivity index (χ0n) is 12.0. The topological polar surface area (TPSA) is 55.8 Å². The number of carboxylic acid groups (broad SMARTS) is 1. The highest BCUT2D eigenvalue weighted by Crippen LogP contribution is 2.29. The Morgan fingerprint density at radius 3 is 2.55 bits per heavy atom. The van der Waals surface area contributed by atoms with Crippen molar-refractivity contribution in [2.75, 3.05) is 7.11 Å². The van der Waals surface area contributed by atoms with Crippen molar-refractivity contribution in [3.8, 4) is 11.5 Å². The molecular weight excluding hydrogens is 304 g/mol. The Labute approximate surface area is 133 Å². The van der Waals surface area contributed by atoms with Gasteiger partial charge in [0.25, 0.3) is 0 Å². The number of aliphatic carboxylic acids is 1. The standard InChI is InChI=1S/C17H15ClO4/c1-21-16-10-12(5-9-17(19)20)4-8-15(16)22-11-13-2-6-14(18)7-3-13/h2-10H,11H2,1H3,(H,19,20)/b9-5+. The minimum atomic E-state index is -0.998. The van der Waals surface area contributed by atoms with Gasteiger partial charge in [0.1, 0.15) is 6.61 Å². The maximum Gasteiger partial charge on any atom is 0.328 e. The zero-order chi connectivity index (χ0) is 15.9. The van der Waals surface area contributed by atoms with Crippen LogP contribution in [0.5, 0.6) is 11.5 Å². The fraction of sp³-hybridized carbons (Fsp3) is 0.118. The molecule has 2 rings (SSSR count). The summed E-state index contributed by atoms with van der Waals surface area (Å²) in [5.74, 6) is 0.133. The lowest BCUT2D eigenvalue weighted by Crippen LogP contribution is -1.98. The van der Waals surface area contributed by atoms with Crippen LogP contribution in [0.25, 0.3) is 6.08 Å². The van der Waals surface area contributed by atoms with E-state index in [-0.39, 0.29) is 0 Å². The van der Waals surface area contributed by atoms with Crippen molar-refractivity contribution in [3.63, 3.8) is 0 Å². The predicted octanol–water partition coefficient (Wildman–Crippen LogP) is 4.03. The first-order chi connectivity index (χ1) is 10.6. The van der Waals surface area contributed by atoms with E-state index in [0.29, 0.717) is 23.1 Å². The van der Waals surface area contributed by atoms with Crippen molar-refractivity contribution in [3.05, 3.63) is 64.7 Å². The van der Waals surface area contributed by atoms with Crippen LogP contribution in [0.1, 0.15) is 11.1 Å². The largest absolute Gasteiger partial charge is 0.493 e. The lowest BCUT2D eigenvalue weighted by atomic mass is 10.2. The fourth-order valence-electron chi connectivity index (χ4n) is 1.82. The van der Waals surface area contributed by atoms with E-state index in [0.717, 1.165) is 17.2 Å². The molecule has 0 bridgehead atoms. The molecule has 0 spiro atoms. The SMILES string of the molecule is COc1cc(/C=C/C(=O)O)ccc1OCc1ccc(Cl)cc1. The molecule has 0 unspecified atom stereocenters. The van der Waals surface area contributed by atoms with Crippen molar-refractivity contribution >= 4 is 23.6 Å². The second kappa shape index (κ2) is 7.52. The van der Waals surface area contributed by atoms with Gasteiger partial charge in [-0.2, -0.15) is 0 Å². The Morgan fingerprint density at radius 2 is 1.91 bits per heavy atom. The van der Waals surface area contributed by atoms with E-state index in [1.165, 1.54) is 13.2 Å². The lowest BCUT2D eigenvalue weighted by molar-refractivity contribution is -0.131. The molecule has 4 nitrogen and oxygen atoms in total. The number of ether oxygens (including phenoxy) is 2. The molecule has 0 aromatic heterocycles. The smallest absolute Gasteiger partial charge is 0.328 e. The molecule has 0 saturated heterocycles. The van der Waals surface area contributed by atoms with E-state index in [2.05, 4.69) is 0 Å². The highest BCUT2D eigenvalue weighted by molar-refractivity contribution is 6.30. The molecule has 2 aromatic rings. The van der Waals surface area contributed by atoms with Crippen LogP contribution in [0.15, 0.2) is 48.5 Å². The van der Waals surface area contributed by atoms with Gasteiger partial charge in [-0.15, -0.1) is 0 Å². The molecule has 0 aliphatic rings. The second-order valence-corrected chi connectivity index (χ2v) is 4.93. The van der Waals surface area contributed by atoms with Gasteiger partial charge in [0.2, 0.25) is 0 Å². The maximum atomic E-state index is 10.5. The third kappa shape index (κ3) is 4.53. The maximum absolute atomic E-state index is 10.5. The average Bonchev–Trinajstić information content (AvgIpc) is 2.52. The first kappa shape index (κ1) is 15.9. The monoisotopic (exact) mass is 318 g/mol. The molecule has 0 amide bonds. The zero-order valence-corrected chi connectivity index (χ0v) is 12.7. The number of benzene rings is 2. The molecule has 0 aliphatic heterocycles. The Bertz CT molecular complexity index is 678. The van der Waals surface area contributed by atoms with Crippen LogP contribution >= 0.6 is 11.6 Å². The highest BCUT2D eigenvalue weighted by Gasteiger charge is 2.05. The van der Waals surface area contributed by atoms with Gasteiger partial charge in [0.05, 0.1) is 7.11 Å². The predicted molar refractivity (Wildman–Crippen MR) is 85.4 cm³/mol. The number of halogens is 1. The molecule has 22 heavy (non-hydrogen) atoms. The summed E-state index contributed by atoms with van der Waals surface area (Å²) in [6.45, 7) is 0.387. The minimum absolute atomic E-state index is 0.387. The van der Waals surface area contributed by atoms with Crippen molar-refractivity contribution in [1.29, 1.82) is 0 Å². The number of hydrogen-bond donors (Lipinski definition) is 1. The van der Waals surface area contributed by atoms with Gasteiger partial charge in [0, 0.05) is 11.1 Å². The number of hydrogen-bond acceptors (Lipinski definition) is 3. The Kier molecular flexibility index (Phi) is 5.44. The van der Waals surface area contributed by atoms with Crippen LogP contribution in [-0.2, 0) is 11.4 Å². The Balaban J connectivity index is 2.10. The van der Waals surface area contributed by atoms with Crippen molar-refractivity contribution in [2.45, 2.75) is 6.61 Å². The molecule has 0 aliphatic carbocycles. The number of rotatable bonds is 6. The van der Waals surface area contributed by atoms with E-state index in [4.69, 9.17) is 26.2 Å². The molecule has 0 fully saturated rings. The Hall–Kier alpha value is -2.46. The molecule has 1 N–H and O–H groups in total. The third-order valence-electron chi connectivity index (χ3n) is 2.91. The summed E-state index contributed by atoms with van der Waals surface area (Å²) in [4.78, 5) is 10.5. The van der Waals surface area contributed by atoms with Gasteiger partial charge in [0.15, 0.2) is 11.5 Å². The number of carbonyl (C=O) groups is 1. The summed E-state index contributed by atoms with van der Waals surface area (Å²) in [6.07, 6.45) is 2.57. The summed E-state index contributed by atoms with van der Waals surface area (Å²) in [7, 11) is 1.54. The van der Waals surface area contributed by atoms with E-state index in [1.54, 1.807) is 30.3 Å². The van der Waals surface area contributed by atoms with Crippen LogP contribution in [-0.4, -0.2) is 18.2 Å². The highest BCUT2D eigenvalue weighted by atomic mass is 35.5. The Morgan fingerprint density at radius 1 is 1.18 bits per heavy atom. The van der Waals surface area contributed by atoms with E-state index in [9.17, 15) is 4.79 Å². The van der Waals surface area contributed by atoms with Crippen molar-refractivity contribution in [2.24, 2.45) is 0 Å². The van der Waals surface area contributed by atoms with Crippen LogP contribution in [0.3, 0.4) is 0 Å². The van der Waals surface area contributed by atoms with Gasteiger partial charge < -0.3 is 14.6 Å². The summed E-state index contributed by atoms with van der Waals surface area (Å²) in [5.41, 5.74) is 1.71. The molecule has 2 aromatic carbocycles. The molecular formula is C17H15ClO4. The van der Waals surface area contributed by atoms with Crippen LogP contribution in [0.4, 0.5) is 0 Å². The number of carboxylic acids is 1. The first-order valence-electron chi connectivity index (χ1n) is 6.55. The molecule has 0 radical (unpaired) electrons.